The summed E-state index contributed by atoms with van der Waals surface area (Å²) in [5.41, 5.74) is 1.22. The van der Waals surface area contributed by atoms with Crippen molar-refractivity contribution in [3.8, 4) is 5.75 Å². The second-order valence-electron chi connectivity index (χ2n) is 7.10. The summed E-state index contributed by atoms with van der Waals surface area (Å²) >= 11 is 6.23. The number of anilines is 1. The fourth-order valence-electron chi connectivity index (χ4n) is 3.06. The molecule has 0 heterocycles. The minimum atomic E-state index is -4.00. The lowest BCUT2D eigenvalue weighted by Gasteiger charge is -2.21. The van der Waals surface area contributed by atoms with E-state index in [0.29, 0.717) is 12.3 Å². The van der Waals surface area contributed by atoms with E-state index in [0.717, 1.165) is 9.87 Å². The molecular formula is C23H22ClFN2O4S. The molecule has 3 aromatic rings. The molecule has 0 unspecified atom stereocenters. The molecule has 0 atom stereocenters. The number of rotatable bonds is 7. The molecule has 0 bridgehead atoms. The van der Waals surface area contributed by atoms with Gasteiger partial charge in [0.2, 0.25) is 0 Å². The summed E-state index contributed by atoms with van der Waals surface area (Å²) in [6.45, 7) is 0.297. The average molecular weight is 477 g/mol. The average Bonchev–Trinajstić information content (AvgIpc) is 2.79. The molecule has 0 aromatic heterocycles. The molecule has 0 aliphatic rings. The summed E-state index contributed by atoms with van der Waals surface area (Å²) in [4.78, 5) is 14.4. The molecule has 0 saturated carbocycles. The minimum absolute atomic E-state index is 0.0660. The molecule has 6 nitrogen and oxygen atoms in total. The Kier molecular flexibility index (Phi) is 7.06. The lowest BCUT2D eigenvalue weighted by Crippen LogP contribution is -2.28. The van der Waals surface area contributed by atoms with Gasteiger partial charge in [0.15, 0.2) is 0 Å². The van der Waals surface area contributed by atoms with Crippen LogP contribution in [-0.4, -0.2) is 40.4 Å². The standard InChI is InChI=1S/C23H22ClFN2O4S/c1-26(15-16-4-10-19(31-3)11-5-16)23(28)21-14-20(12-13-22(21)24)32(29,30)27(2)18-8-6-17(25)7-9-18/h4-14H,15H2,1-3H3. The van der Waals surface area contributed by atoms with E-state index < -0.39 is 21.7 Å². The molecule has 32 heavy (non-hydrogen) atoms. The van der Waals surface area contributed by atoms with Crippen molar-refractivity contribution < 1.29 is 22.3 Å². The third kappa shape index (κ3) is 5.03. The van der Waals surface area contributed by atoms with Crippen LogP contribution < -0.4 is 9.04 Å². The summed E-state index contributed by atoms with van der Waals surface area (Å²) in [5, 5.41) is 0.139. The Morgan fingerprint density at radius 3 is 2.22 bits per heavy atom. The van der Waals surface area contributed by atoms with E-state index >= 15 is 0 Å². The zero-order valence-corrected chi connectivity index (χ0v) is 19.3. The molecular weight excluding hydrogens is 455 g/mol. The van der Waals surface area contributed by atoms with Crippen LogP contribution in [0.15, 0.2) is 71.6 Å². The molecule has 3 rings (SSSR count). The second kappa shape index (κ2) is 9.58. The summed E-state index contributed by atoms with van der Waals surface area (Å²) in [6, 6.07) is 16.3. The van der Waals surface area contributed by atoms with Crippen LogP contribution in [0, 0.1) is 5.82 Å². The van der Waals surface area contributed by atoms with Gasteiger partial charge in [-0.05, 0) is 60.2 Å². The van der Waals surface area contributed by atoms with Crippen LogP contribution in [0.4, 0.5) is 10.1 Å². The van der Waals surface area contributed by atoms with Crippen LogP contribution in [0.25, 0.3) is 0 Å². The van der Waals surface area contributed by atoms with Crippen LogP contribution in [0.5, 0.6) is 5.75 Å². The second-order valence-corrected chi connectivity index (χ2v) is 9.48. The van der Waals surface area contributed by atoms with Gasteiger partial charge in [-0.3, -0.25) is 9.10 Å². The normalized spacial score (nSPS) is 11.2. The first-order valence-electron chi connectivity index (χ1n) is 9.56. The Labute approximate surface area is 191 Å². The molecule has 0 aliphatic heterocycles. The number of carbonyl (C=O) groups excluding carboxylic acids is 1. The number of sulfonamides is 1. The Balaban J connectivity index is 1.86. The van der Waals surface area contributed by atoms with E-state index in [2.05, 4.69) is 0 Å². The summed E-state index contributed by atoms with van der Waals surface area (Å²) in [5.74, 6) is -0.194. The number of halogens is 2. The summed E-state index contributed by atoms with van der Waals surface area (Å²) in [6.07, 6.45) is 0. The summed E-state index contributed by atoms with van der Waals surface area (Å²) < 4.78 is 45.5. The van der Waals surface area contributed by atoms with Crippen molar-refractivity contribution in [2.45, 2.75) is 11.4 Å². The van der Waals surface area contributed by atoms with Crippen molar-refractivity contribution in [3.63, 3.8) is 0 Å². The highest BCUT2D eigenvalue weighted by Gasteiger charge is 2.25. The van der Waals surface area contributed by atoms with Crippen molar-refractivity contribution in [2.24, 2.45) is 0 Å². The maximum atomic E-state index is 13.2. The van der Waals surface area contributed by atoms with Gasteiger partial charge in [-0.15, -0.1) is 0 Å². The Morgan fingerprint density at radius 2 is 1.62 bits per heavy atom. The monoisotopic (exact) mass is 476 g/mol. The maximum absolute atomic E-state index is 13.2. The molecule has 9 heteroatoms. The van der Waals surface area contributed by atoms with Crippen molar-refractivity contribution in [2.75, 3.05) is 25.5 Å². The van der Waals surface area contributed by atoms with Gasteiger partial charge in [0, 0.05) is 20.6 Å². The first kappa shape index (κ1) is 23.6. The highest BCUT2D eigenvalue weighted by Crippen LogP contribution is 2.27. The van der Waals surface area contributed by atoms with E-state index in [1.54, 1.807) is 26.3 Å². The molecule has 1 amide bonds. The van der Waals surface area contributed by atoms with Gasteiger partial charge in [-0.25, -0.2) is 12.8 Å². The molecule has 0 fully saturated rings. The topological polar surface area (TPSA) is 66.9 Å². The van der Waals surface area contributed by atoms with Crippen LogP contribution in [0.3, 0.4) is 0 Å². The van der Waals surface area contributed by atoms with Crippen molar-refractivity contribution >= 4 is 33.2 Å². The first-order chi connectivity index (χ1) is 15.1. The van der Waals surface area contributed by atoms with Crippen molar-refractivity contribution in [1.29, 1.82) is 0 Å². The van der Waals surface area contributed by atoms with Gasteiger partial charge in [0.05, 0.1) is 28.3 Å². The Hall–Kier alpha value is -3.10. The zero-order chi connectivity index (χ0) is 23.5. The number of carbonyl (C=O) groups is 1. The van der Waals surface area contributed by atoms with E-state index in [1.165, 1.54) is 54.4 Å². The van der Waals surface area contributed by atoms with Crippen molar-refractivity contribution in [3.05, 3.63) is 88.7 Å². The largest absolute Gasteiger partial charge is 0.497 e. The fourth-order valence-corrected chi connectivity index (χ4v) is 4.48. The third-order valence-electron chi connectivity index (χ3n) is 4.94. The van der Waals surface area contributed by atoms with Gasteiger partial charge < -0.3 is 9.64 Å². The Morgan fingerprint density at radius 1 is 1.00 bits per heavy atom. The number of nitrogens with zero attached hydrogens (tertiary/aromatic N) is 2. The van der Waals surface area contributed by atoms with Crippen LogP contribution >= 0.6 is 11.6 Å². The van der Waals surface area contributed by atoms with Gasteiger partial charge >= 0.3 is 0 Å². The third-order valence-corrected chi connectivity index (χ3v) is 7.05. The van der Waals surface area contributed by atoms with Gasteiger partial charge in [0.25, 0.3) is 15.9 Å². The fraction of sp³-hybridized carbons (Fsp3) is 0.174. The van der Waals surface area contributed by atoms with Crippen LogP contribution in [-0.2, 0) is 16.6 Å². The number of methoxy groups -OCH3 is 1. The van der Waals surface area contributed by atoms with Gasteiger partial charge in [-0.1, -0.05) is 23.7 Å². The van der Waals surface area contributed by atoms with Gasteiger partial charge in [-0.2, -0.15) is 0 Å². The quantitative estimate of drug-likeness (QED) is 0.500. The van der Waals surface area contributed by atoms with Crippen molar-refractivity contribution in [1.82, 2.24) is 4.90 Å². The van der Waals surface area contributed by atoms with E-state index in [1.807, 2.05) is 12.1 Å². The van der Waals surface area contributed by atoms with E-state index in [4.69, 9.17) is 16.3 Å². The van der Waals surface area contributed by atoms with Crippen LogP contribution in [0.2, 0.25) is 5.02 Å². The smallest absolute Gasteiger partial charge is 0.264 e. The molecule has 0 saturated heterocycles. The molecule has 0 spiro atoms. The molecule has 0 radical (unpaired) electrons. The van der Waals surface area contributed by atoms with E-state index in [-0.39, 0.29) is 21.2 Å². The zero-order valence-electron chi connectivity index (χ0n) is 17.7. The lowest BCUT2D eigenvalue weighted by molar-refractivity contribution is 0.0785. The number of hydrogen-bond acceptors (Lipinski definition) is 4. The summed E-state index contributed by atoms with van der Waals surface area (Å²) in [7, 11) is 0.530. The number of ether oxygens (including phenoxy) is 1. The SMILES string of the molecule is COc1ccc(CN(C)C(=O)c2cc(S(=O)(=O)N(C)c3ccc(F)cc3)ccc2Cl)cc1. The molecule has 0 aliphatic carbocycles. The van der Waals surface area contributed by atoms with E-state index in [9.17, 15) is 17.6 Å². The predicted octanol–water partition coefficient (Wildman–Crippen LogP) is 4.59. The highest BCUT2D eigenvalue weighted by atomic mass is 35.5. The van der Waals surface area contributed by atoms with Gasteiger partial charge in [0.1, 0.15) is 11.6 Å². The highest BCUT2D eigenvalue weighted by molar-refractivity contribution is 7.92. The number of amides is 1. The number of benzene rings is 3. The number of hydrogen-bond donors (Lipinski definition) is 0. The maximum Gasteiger partial charge on any atom is 0.264 e. The molecule has 0 N–H and O–H groups in total. The minimum Gasteiger partial charge on any atom is -0.497 e. The lowest BCUT2D eigenvalue weighted by atomic mass is 10.1. The van der Waals surface area contributed by atoms with Crippen LogP contribution in [0.1, 0.15) is 15.9 Å². The molecule has 168 valence electrons. The first-order valence-corrected chi connectivity index (χ1v) is 11.4. The predicted molar refractivity (Wildman–Crippen MR) is 122 cm³/mol. The molecule has 3 aromatic carbocycles. The Bertz CT molecular complexity index is 1220.